The molecule has 24 heavy (non-hydrogen) atoms. The minimum absolute atomic E-state index is 0.682. The molecule has 0 bridgehead atoms. The van der Waals surface area contributed by atoms with Gasteiger partial charge in [-0.05, 0) is 36.9 Å². The third-order valence-corrected chi connectivity index (χ3v) is 5.38. The number of rotatable bonds is 2. The van der Waals surface area contributed by atoms with Crippen molar-refractivity contribution in [1.82, 2.24) is 14.5 Å². The number of carbonyl (C=O) groups is 1. The fourth-order valence-electron chi connectivity index (χ4n) is 3.99. The van der Waals surface area contributed by atoms with Crippen LogP contribution in [0.2, 0.25) is 0 Å². The number of likely N-dealkylation sites (tertiary alicyclic amines) is 1. The lowest BCUT2D eigenvalue weighted by atomic mass is 9.90. The minimum Gasteiger partial charge on any atom is -0.321 e. The van der Waals surface area contributed by atoms with E-state index in [1.807, 2.05) is 0 Å². The van der Waals surface area contributed by atoms with E-state index in [4.69, 9.17) is 0 Å². The Morgan fingerprint density at radius 3 is 2.67 bits per heavy atom. The molecule has 1 aromatic carbocycles. The van der Waals surface area contributed by atoms with Crippen LogP contribution in [0.15, 0.2) is 36.0 Å². The molecule has 0 N–H and O–H groups in total. The number of piperidine rings is 1. The Bertz CT molecular complexity index is 793. The first-order chi connectivity index (χ1) is 11.8. The molecule has 0 aliphatic carbocycles. The Morgan fingerprint density at radius 2 is 1.92 bits per heavy atom. The molecule has 1 fully saturated rings. The van der Waals surface area contributed by atoms with E-state index in [0.29, 0.717) is 5.69 Å². The van der Waals surface area contributed by atoms with Crippen LogP contribution in [-0.4, -0.2) is 40.4 Å². The Hall–Kier alpha value is -2.20. The van der Waals surface area contributed by atoms with Crippen molar-refractivity contribution in [2.24, 2.45) is 0 Å². The molecule has 124 valence electrons. The molecule has 4 heteroatoms. The summed E-state index contributed by atoms with van der Waals surface area (Å²) >= 11 is 0. The minimum atomic E-state index is 0.682. The van der Waals surface area contributed by atoms with Crippen LogP contribution in [-0.2, 0) is 13.0 Å². The molecule has 0 atom stereocenters. The van der Waals surface area contributed by atoms with E-state index in [-0.39, 0.29) is 0 Å². The van der Waals surface area contributed by atoms with Gasteiger partial charge in [-0.3, -0.25) is 4.79 Å². The van der Waals surface area contributed by atoms with E-state index >= 15 is 0 Å². The molecule has 0 unspecified atom stereocenters. The number of aldehydes is 1. The lowest BCUT2D eigenvalue weighted by Crippen LogP contribution is -2.30. The van der Waals surface area contributed by atoms with Gasteiger partial charge in [0.1, 0.15) is 11.5 Å². The number of benzene rings is 1. The van der Waals surface area contributed by atoms with Crippen molar-refractivity contribution in [3.05, 3.63) is 58.7 Å². The third kappa shape index (κ3) is 2.51. The predicted molar refractivity (Wildman–Crippen MR) is 95.1 cm³/mol. The van der Waals surface area contributed by atoms with Gasteiger partial charge < -0.3 is 9.47 Å². The molecule has 4 rings (SSSR count). The van der Waals surface area contributed by atoms with Gasteiger partial charge in [0.25, 0.3) is 0 Å². The lowest BCUT2D eigenvalue weighted by Gasteiger charge is -2.29. The third-order valence-electron chi connectivity index (χ3n) is 5.38. The smallest absolute Gasteiger partial charge is 0.168 e. The number of fused-ring (bicyclic) bond motifs is 2. The van der Waals surface area contributed by atoms with Gasteiger partial charge in [0.2, 0.25) is 0 Å². The highest BCUT2D eigenvalue weighted by atomic mass is 16.1. The SMILES string of the molecule is CCN1CCC(=C2c3ccccc3CCn3c(C=O)cnc32)CC1. The maximum absolute atomic E-state index is 11.4. The van der Waals surface area contributed by atoms with E-state index < -0.39 is 0 Å². The summed E-state index contributed by atoms with van der Waals surface area (Å²) in [5, 5.41) is 0. The number of aromatic nitrogens is 2. The first kappa shape index (κ1) is 15.3. The maximum atomic E-state index is 11.4. The molecule has 1 saturated heterocycles. The fraction of sp³-hybridized carbons (Fsp3) is 0.400. The molecule has 0 saturated carbocycles. The molecular formula is C20H23N3O. The number of carbonyl (C=O) groups excluding carboxylic acids is 1. The molecular weight excluding hydrogens is 298 g/mol. The van der Waals surface area contributed by atoms with E-state index in [2.05, 4.69) is 45.6 Å². The predicted octanol–water partition coefficient (Wildman–Crippen LogP) is 3.17. The highest BCUT2D eigenvalue weighted by Crippen LogP contribution is 2.36. The standard InChI is InChI=1S/C20H23N3O/c1-2-22-10-7-16(8-11-22)19-18-6-4-3-5-15(18)9-12-23-17(14-24)13-21-20(19)23/h3-6,13-14H,2,7-12H2,1H3. The second-order valence-electron chi connectivity index (χ2n) is 6.60. The number of aryl methyl sites for hydroxylation is 1. The largest absolute Gasteiger partial charge is 0.321 e. The quantitative estimate of drug-likeness (QED) is 0.798. The van der Waals surface area contributed by atoms with Gasteiger partial charge in [0, 0.05) is 25.2 Å². The van der Waals surface area contributed by atoms with Gasteiger partial charge in [-0.25, -0.2) is 4.98 Å². The molecule has 2 aliphatic heterocycles. The summed E-state index contributed by atoms with van der Waals surface area (Å²) in [6.45, 7) is 6.38. The van der Waals surface area contributed by atoms with E-state index in [1.165, 1.54) is 22.3 Å². The summed E-state index contributed by atoms with van der Waals surface area (Å²) in [5.74, 6) is 0.974. The summed E-state index contributed by atoms with van der Waals surface area (Å²) in [6, 6.07) is 8.65. The van der Waals surface area contributed by atoms with Gasteiger partial charge in [-0.1, -0.05) is 36.8 Å². The number of hydrogen-bond acceptors (Lipinski definition) is 3. The van der Waals surface area contributed by atoms with E-state index in [1.54, 1.807) is 6.20 Å². The highest BCUT2D eigenvalue weighted by Gasteiger charge is 2.25. The molecule has 4 nitrogen and oxygen atoms in total. The molecule has 1 aromatic heterocycles. The van der Waals surface area contributed by atoms with Crippen LogP contribution >= 0.6 is 0 Å². The number of imidazole rings is 1. The Balaban J connectivity index is 1.88. The normalized spacial score (nSPS) is 18.0. The summed E-state index contributed by atoms with van der Waals surface area (Å²) in [4.78, 5) is 18.5. The van der Waals surface area contributed by atoms with Crippen LogP contribution in [0.1, 0.15) is 47.2 Å². The first-order valence-electron chi connectivity index (χ1n) is 8.85. The van der Waals surface area contributed by atoms with Crippen LogP contribution in [0.5, 0.6) is 0 Å². The van der Waals surface area contributed by atoms with Gasteiger partial charge in [-0.2, -0.15) is 0 Å². The second-order valence-corrected chi connectivity index (χ2v) is 6.60. The Labute approximate surface area is 142 Å². The van der Waals surface area contributed by atoms with Crippen LogP contribution in [0, 0.1) is 0 Å². The molecule has 3 heterocycles. The average Bonchev–Trinajstić information content (AvgIpc) is 2.96. The van der Waals surface area contributed by atoms with Crippen LogP contribution in [0.25, 0.3) is 5.57 Å². The Morgan fingerprint density at radius 1 is 1.12 bits per heavy atom. The zero-order valence-electron chi connectivity index (χ0n) is 14.2. The monoisotopic (exact) mass is 321 g/mol. The van der Waals surface area contributed by atoms with Crippen molar-refractivity contribution in [2.45, 2.75) is 32.7 Å². The van der Waals surface area contributed by atoms with E-state index in [9.17, 15) is 4.79 Å². The number of nitrogens with zero attached hydrogens (tertiary/aromatic N) is 3. The second kappa shape index (κ2) is 6.36. The topological polar surface area (TPSA) is 38.1 Å². The van der Waals surface area contributed by atoms with Gasteiger partial charge in [0.05, 0.1) is 6.20 Å². The summed E-state index contributed by atoms with van der Waals surface area (Å²) in [6.07, 6.45) is 5.76. The van der Waals surface area contributed by atoms with Crippen LogP contribution < -0.4 is 0 Å². The van der Waals surface area contributed by atoms with Crippen molar-refractivity contribution >= 4 is 11.9 Å². The lowest BCUT2D eigenvalue weighted by molar-refractivity contribution is 0.111. The molecule has 0 radical (unpaired) electrons. The Kier molecular flexibility index (Phi) is 4.07. The first-order valence-corrected chi connectivity index (χ1v) is 8.85. The summed E-state index contributed by atoms with van der Waals surface area (Å²) < 4.78 is 2.10. The number of hydrogen-bond donors (Lipinski definition) is 0. The molecule has 2 aromatic rings. The summed E-state index contributed by atoms with van der Waals surface area (Å²) in [5.41, 5.74) is 6.10. The van der Waals surface area contributed by atoms with Crippen molar-refractivity contribution in [3.8, 4) is 0 Å². The maximum Gasteiger partial charge on any atom is 0.168 e. The van der Waals surface area contributed by atoms with Crippen molar-refractivity contribution in [3.63, 3.8) is 0 Å². The van der Waals surface area contributed by atoms with E-state index in [0.717, 1.165) is 57.6 Å². The van der Waals surface area contributed by atoms with Crippen LogP contribution in [0.4, 0.5) is 0 Å². The zero-order valence-corrected chi connectivity index (χ0v) is 14.2. The fourth-order valence-corrected chi connectivity index (χ4v) is 3.99. The highest BCUT2D eigenvalue weighted by molar-refractivity contribution is 5.83. The molecule has 2 aliphatic rings. The van der Waals surface area contributed by atoms with Gasteiger partial charge in [0.15, 0.2) is 6.29 Å². The van der Waals surface area contributed by atoms with Gasteiger partial charge in [-0.15, -0.1) is 0 Å². The van der Waals surface area contributed by atoms with Crippen LogP contribution in [0.3, 0.4) is 0 Å². The van der Waals surface area contributed by atoms with Crippen molar-refractivity contribution < 1.29 is 4.79 Å². The molecule has 0 amide bonds. The zero-order chi connectivity index (χ0) is 16.5. The summed E-state index contributed by atoms with van der Waals surface area (Å²) in [7, 11) is 0. The average molecular weight is 321 g/mol. The van der Waals surface area contributed by atoms with Gasteiger partial charge >= 0.3 is 0 Å². The van der Waals surface area contributed by atoms with Crippen molar-refractivity contribution in [2.75, 3.05) is 19.6 Å². The van der Waals surface area contributed by atoms with Crippen molar-refractivity contribution in [1.29, 1.82) is 0 Å². The molecule has 0 spiro atoms.